The van der Waals surface area contributed by atoms with Gasteiger partial charge in [0.25, 0.3) is 0 Å². The topological polar surface area (TPSA) is 32.7 Å². The maximum absolute atomic E-state index is 9.26. The zero-order chi connectivity index (χ0) is 16.8. The molecule has 1 fully saturated rings. The molecule has 0 saturated carbocycles. The molecule has 1 heterocycles. The predicted molar refractivity (Wildman–Crippen MR) is 105 cm³/mol. The first-order chi connectivity index (χ1) is 11.7. The molecular weight excluding hydrogens is 357 g/mol. The summed E-state index contributed by atoms with van der Waals surface area (Å²) in [6, 6.07) is 17.3. The van der Waals surface area contributed by atoms with Crippen LogP contribution in [0, 0.1) is 5.92 Å². The Bertz CT molecular complexity index is 613. The summed E-state index contributed by atoms with van der Waals surface area (Å²) in [5.41, 5.74) is 1.23. The summed E-state index contributed by atoms with van der Waals surface area (Å²) in [5, 5.41) is 9.38. The van der Waals surface area contributed by atoms with Gasteiger partial charge in [0.05, 0.1) is 5.38 Å². The lowest BCUT2D eigenvalue weighted by Crippen LogP contribution is -2.37. The SMILES string of the molecule is Cl.Oc1ccc(OCCN2CCC(C(Cl)c3ccccc3)CC2)cc1. The van der Waals surface area contributed by atoms with Crippen LogP contribution in [0.1, 0.15) is 23.8 Å². The minimum absolute atomic E-state index is 0. The van der Waals surface area contributed by atoms with Crippen molar-refractivity contribution in [3.63, 3.8) is 0 Å². The molecule has 1 unspecified atom stereocenters. The molecule has 0 aliphatic carbocycles. The molecule has 0 amide bonds. The van der Waals surface area contributed by atoms with Crippen molar-refractivity contribution in [2.45, 2.75) is 18.2 Å². The van der Waals surface area contributed by atoms with E-state index in [1.807, 2.05) is 6.07 Å². The number of ether oxygens (including phenoxy) is 1. The highest BCUT2D eigenvalue weighted by Crippen LogP contribution is 2.35. The fraction of sp³-hybridized carbons (Fsp3) is 0.400. The molecule has 1 saturated heterocycles. The molecule has 136 valence electrons. The number of hydrogen-bond donors (Lipinski definition) is 1. The summed E-state index contributed by atoms with van der Waals surface area (Å²) < 4.78 is 5.73. The Morgan fingerprint density at radius 1 is 1.04 bits per heavy atom. The van der Waals surface area contributed by atoms with Gasteiger partial charge in [-0.25, -0.2) is 0 Å². The Kier molecular flexibility index (Phi) is 7.89. The van der Waals surface area contributed by atoms with E-state index in [9.17, 15) is 5.11 Å². The van der Waals surface area contributed by atoms with Crippen molar-refractivity contribution in [2.24, 2.45) is 5.92 Å². The van der Waals surface area contributed by atoms with Crippen molar-refractivity contribution >= 4 is 24.0 Å². The fourth-order valence-corrected chi connectivity index (χ4v) is 3.61. The maximum atomic E-state index is 9.26. The summed E-state index contributed by atoms with van der Waals surface area (Å²) in [7, 11) is 0. The number of hydrogen-bond acceptors (Lipinski definition) is 3. The second-order valence-electron chi connectivity index (χ2n) is 6.33. The first-order valence-corrected chi connectivity index (χ1v) is 8.99. The first-order valence-electron chi connectivity index (χ1n) is 8.55. The van der Waals surface area contributed by atoms with Crippen molar-refractivity contribution in [1.29, 1.82) is 0 Å². The van der Waals surface area contributed by atoms with Crippen LogP contribution in [0.2, 0.25) is 0 Å². The van der Waals surface area contributed by atoms with Crippen molar-refractivity contribution in [3.05, 3.63) is 60.2 Å². The van der Waals surface area contributed by atoms with Crippen molar-refractivity contribution in [1.82, 2.24) is 4.90 Å². The normalized spacial score (nSPS) is 16.8. The molecule has 1 atom stereocenters. The van der Waals surface area contributed by atoms with E-state index in [0.29, 0.717) is 12.5 Å². The third-order valence-corrected chi connectivity index (χ3v) is 5.29. The second-order valence-corrected chi connectivity index (χ2v) is 6.80. The highest BCUT2D eigenvalue weighted by atomic mass is 35.5. The van der Waals surface area contributed by atoms with Gasteiger partial charge in [-0.15, -0.1) is 24.0 Å². The van der Waals surface area contributed by atoms with E-state index in [1.165, 1.54) is 5.56 Å². The van der Waals surface area contributed by atoms with Crippen LogP contribution in [-0.2, 0) is 0 Å². The van der Waals surface area contributed by atoms with Gasteiger partial charge in [0.15, 0.2) is 0 Å². The van der Waals surface area contributed by atoms with E-state index >= 15 is 0 Å². The van der Waals surface area contributed by atoms with Gasteiger partial charge in [0.2, 0.25) is 0 Å². The molecule has 2 aromatic rings. The van der Waals surface area contributed by atoms with E-state index in [0.717, 1.165) is 38.2 Å². The Morgan fingerprint density at radius 3 is 2.32 bits per heavy atom. The minimum Gasteiger partial charge on any atom is -0.508 e. The number of nitrogens with zero attached hydrogens (tertiary/aromatic N) is 1. The molecule has 0 radical (unpaired) electrons. The van der Waals surface area contributed by atoms with Crippen molar-refractivity contribution in [2.75, 3.05) is 26.2 Å². The first kappa shape index (κ1) is 19.9. The molecule has 0 aromatic heterocycles. The number of phenolic OH excluding ortho intramolecular Hbond substituents is 1. The van der Waals surface area contributed by atoms with E-state index in [-0.39, 0.29) is 23.5 Å². The molecule has 1 aliphatic rings. The van der Waals surface area contributed by atoms with Gasteiger partial charge in [0, 0.05) is 6.54 Å². The summed E-state index contributed by atoms with van der Waals surface area (Å²) in [5.74, 6) is 1.61. The van der Waals surface area contributed by atoms with E-state index < -0.39 is 0 Å². The number of phenols is 1. The molecule has 3 rings (SSSR count). The van der Waals surface area contributed by atoms with Crippen molar-refractivity contribution in [3.8, 4) is 11.5 Å². The standard InChI is InChI=1S/C20H24ClNO2.ClH/c21-20(16-4-2-1-3-5-16)17-10-12-22(13-11-17)14-15-24-19-8-6-18(23)7-9-19;/h1-9,17,20,23H,10-15H2;1H. The van der Waals surface area contributed by atoms with Crippen LogP contribution in [0.25, 0.3) is 0 Å². The van der Waals surface area contributed by atoms with E-state index in [1.54, 1.807) is 24.3 Å². The maximum Gasteiger partial charge on any atom is 0.119 e. The third-order valence-electron chi connectivity index (χ3n) is 4.68. The minimum atomic E-state index is 0. The number of rotatable bonds is 6. The second kappa shape index (κ2) is 9.91. The van der Waals surface area contributed by atoms with Crippen LogP contribution in [0.5, 0.6) is 11.5 Å². The number of aromatic hydroxyl groups is 1. The number of piperidine rings is 1. The van der Waals surface area contributed by atoms with Crippen LogP contribution in [0.4, 0.5) is 0 Å². The largest absolute Gasteiger partial charge is 0.508 e. The molecule has 3 nitrogen and oxygen atoms in total. The smallest absolute Gasteiger partial charge is 0.119 e. The summed E-state index contributed by atoms with van der Waals surface area (Å²) >= 11 is 6.67. The number of halogens is 2. The van der Waals surface area contributed by atoms with Crippen LogP contribution in [-0.4, -0.2) is 36.2 Å². The zero-order valence-corrected chi connectivity index (χ0v) is 15.8. The highest BCUT2D eigenvalue weighted by Gasteiger charge is 2.26. The molecular formula is C20H25Cl2NO2. The van der Waals surface area contributed by atoms with Gasteiger partial charge < -0.3 is 9.84 Å². The van der Waals surface area contributed by atoms with Gasteiger partial charge in [-0.1, -0.05) is 30.3 Å². The summed E-state index contributed by atoms with van der Waals surface area (Å²) in [6.07, 6.45) is 2.25. The number of likely N-dealkylation sites (tertiary alicyclic amines) is 1. The predicted octanol–water partition coefficient (Wildman–Crippen LogP) is 4.88. The Labute approximate surface area is 161 Å². The molecule has 5 heteroatoms. The quantitative estimate of drug-likeness (QED) is 0.723. The third kappa shape index (κ3) is 5.81. The molecule has 0 bridgehead atoms. The molecule has 25 heavy (non-hydrogen) atoms. The van der Waals surface area contributed by atoms with E-state index in [4.69, 9.17) is 16.3 Å². The molecule has 1 N–H and O–H groups in total. The summed E-state index contributed by atoms with van der Waals surface area (Å²) in [6.45, 7) is 3.73. The van der Waals surface area contributed by atoms with Gasteiger partial charge in [-0.05, 0) is 61.7 Å². The van der Waals surface area contributed by atoms with Gasteiger partial charge in [-0.2, -0.15) is 0 Å². The van der Waals surface area contributed by atoms with Gasteiger partial charge >= 0.3 is 0 Å². The highest BCUT2D eigenvalue weighted by molar-refractivity contribution is 6.21. The van der Waals surface area contributed by atoms with Crippen LogP contribution < -0.4 is 4.74 Å². The van der Waals surface area contributed by atoms with Gasteiger partial charge in [-0.3, -0.25) is 4.90 Å². The molecule has 1 aliphatic heterocycles. The monoisotopic (exact) mass is 381 g/mol. The number of alkyl halides is 1. The lowest BCUT2D eigenvalue weighted by molar-refractivity contribution is 0.153. The average molecular weight is 382 g/mol. The summed E-state index contributed by atoms with van der Waals surface area (Å²) in [4.78, 5) is 2.44. The van der Waals surface area contributed by atoms with Crippen LogP contribution in [0.3, 0.4) is 0 Å². The Balaban J connectivity index is 0.00000225. The van der Waals surface area contributed by atoms with Crippen molar-refractivity contribution < 1.29 is 9.84 Å². The van der Waals surface area contributed by atoms with Gasteiger partial charge in [0.1, 0.15) is 18.1 Å². The lowest BCUT2D eigenvalue weighted by atomic mass is 9.89. The lowest BCUT2D eigenvalue weighted by Gasteiger charge is -2.34. The zero-order valence-electron chi connectivity index (χ0n) is 14.2. The Hall–Kier alpha value is -1.42. The number of benzene rings is 2. The Morgan fingerprint density at radius 2 is 1.68 bits per heavy atom. The van der Waals surface area contributed by atoms with Crippen LogP contribution in [0.15, 0.2) is 54.6 Å². The average Bonchev–Trinajstić information content (AvgIpc) is 2.64. The fourth-order valence-electron chi connectivity index (χ4n) is 3.21. The molecule has 2 aromatic carbocycles. The molecule has 0 spiro atoms. The van der Waals surface area contributed by atoms with E-state index in [2.05, 4.69) is 29.2 Å². The van der Waals surface area contributed by atoms with Crippen LogP contribution >= 0.6 is 24.0 Å².